The first-order chi connectivity index (χ1) is 9.66. The van der Waals surface area contributed by atoms with Crippen LogP contribution in [-0.2, 0) is 6.42 Å². The van der Waals surface area contributed by atoms with Crippen LogP contribution >= 0.6 is 38.5 Å². The van der Waals surface area contributed by atoms with Gasteiger partial charge in [0, 0.05) is 31.9 Å². The Labute approximate surface area is 141 Å². The van der Waals surface area contributed by atoms with Crippen LogP contribution in [0.1, 0.15) is 41.6 Å². The van der Waals surface area contributed by atoms with Gasteiger partial charge in [0.15, 0.2) is 0 Å². The molecule has 0 bridgehead atoms. The Hall–Kier alpha value is -0.460. The van der Waals surface area contributed by atoms with E-state index in [0.717, 1.165) is 17.3 Å². The molecule has 104 valence electrons. The van der Waals surface area contributed by atoms with Gasteiger partial charge in [-0.1, -0.05) is 22.0 Å². The summed E-state index contributed by atoms with van der Waals surface area (Å²) in [7, 11) is 0. The van der Waals surface area contributed by atoms with E-state index in [0.29, 0.717) is 5.92 Å². The maximum atomic E-state index is 6.59. The van der Waals surface area contributed by atoms with Crippen LogP contribution < -0.4 is 5.73 Å². The third-order valence-electron chi connectivity index (χ3n) is 3.99. The highest BCUT2D eigenvalue weighted by molar-refractivity contribution is 14.1. The Bertz CT molecular complexity index is 630. The number of aryl methyl sites for hydroxylation is 1. The number of pyridine rings is 1. The second kappa shape index (κ2) is 6.12. The number of hydrogen-bond donors (Lipinski definition) is 1. The molecular weight excluding hydrogens is 427 g/mol. The molecule has 1 aromatic carbocycles. The average Bonchev–Trinajstić information content (AvgIpc) is 2.48. The molecule has 1 aromatic heterocycles. The van der Waals surface area contributed by atoms with Crippen LogP contribution in [0.3, 0.4) is 0 Å². The van der Waals surface area contributed by atoms with Gasteiger partial charge >= 0.3 is 0 Å². The van der Waals surface area contributed by atoms with Crippen LogP contribution in [-0.4, -0.2) is 4.98 Å². The molecule has 0 radical (unpaired) electrons. The van der Waals surface area contributed by atoms with E-state index < -0.39 is 0 Å². The van der Waals surface area contributed by atoms with Crippen molar-refractivity contribution in [2.45, 2.75) is 31.2 Å². The lowest BCUT2D eigenvalue weighted by Gasteiger charge is -2.30. The minimum atomic E-state index is 0.00773. The maximum Gasteiger partial charge on any atom is 0.0485 e. The smallest absolute Gasteiger partial charge is 0.0485 e. The average molecular weight is 443 g/mol. The first-order valence-corrected chi connectivity index (χ1v) is 8.68. The number of nitrogens with two attached hydrogens (primary N) is 1. The van der Waals surface area contributed by atoms with Crippen molar-refractivity contribution in [2.24, 2.45) is 5.73 Å². The van der Waals surface area contributed by atoms with Crippen molar-refractivity contribution in [3.63, 3.8) is 0 Å². The lowest BCUT2D eigenvalue weighted by Crippen LogP contribution is -2.25. The van der Waals surface area contributed by atoms with Crippen LogP contribution in [0.2, 0.25) is 0 Å². The lowest BCUT2D eigenvalue weighted by molar-refractivity contribution is 0.461. The fourth-order valence-corrected chi connectivity index (χ4v) is 4.06. The molecule has 2 aromatic rings. The number of benzene rings is 1. The molecule has 2 N–H and O–H groups in total. The molecule has 1 heterocycles. The summed E-state index contributed by atoms with van der Waals surface area (Å²) in [5.41, 5.74) is 10.4. The minimum Gasteiger partial charge on any atom is -0.323 e. The first-order valence-electron chi connectivity index (χ1n) is 6.81. The summed E-state index contributed by atoms with van der Waals surface area (Å²) in [5, 5.41) is 0. The topological polar surface area (TPSA) is 38.9 Å². The fraction of sp³-hybridized carbons (Fsp3) is 0.312. The summed E-state index contributed by atoms with van der Waals surface area (Å²) >= 11 is 5.91. The summed E-state index contributed by atoms with van der Waals surface area (Å²) in [4.78, 5) is 4.61. The van der Waals surface area contributed by atoms with Crippen LogP contribution in [0.4, 0.5) is 0 Å². The Balaban J connectivity index is 1.99. The van der Waals surface area contributed by atoms with Gasteiger partial charge in [-0.2, -0.15) is 0 Å². The third kappa shape index (κ3) is 2.78. The van der Waals surface area contributed by atoms with Gasteiger partial charge in [0.1, 0.15) is 0 Å². The first kappa shape index (κ1) is 14.5. The molecule has 0 amide bonds. The number of nitrogens with zero attached hydrogens (tertiary/aromatic N) is 1. The summed E-state index contributed by atoms with van der Waals surface area (Å²) in [6, 6.07) is 10.5. The molecule has 1 aliphatic rings. The van der Waals surface area contributed by atoms with E-state index in [2.05, 4.69) is 67.8 Å². The van der Waals surface area contributed by atoms with Crippen LogP contribution in [0, 0.1) is 3.57 Å². The number of aromatic nitrogens is 1. The molecule has 0 saturated heterocycles. The predicted molar refractivity (Wildman–Crippen MR) is 93.7 cm³/mol. The zero-order valence-electron chi connectivity index (χ0n) is 11.0. The summed E-state index contributed by atoms with van der Waals surface area (Å²) < 4.78 is 2.31. The van der Waals surface area contributed by atoms with Crippen LogP contribution in [0.25, 0.3) is 0 Å². The van der Waals surface area contributed by atoms with E-state index in [-0.39, 0.29) is 6.04 Å². The van der Waals surface area contributed by atoms with Crippen molar-refractivity contribution in [3.8, 4) is 0 Å². The zero-order chi connectivity index (χ0) is 14.1. The molecule has 20 heavy (non-hydrogen) atoms. The highest BCUT2D eigenvalue weighted by atomic mass is 127. The zero-order valence-corrected chi connectivity index (χ0v) is 14.8. The van der Waals surface area contributed by atoms with E-state index in [1.807, 2.05) is 12.3 Å². The number of halogens is 2. The van der Waals surface area contributed by atoms with Crippen LogP contribution in [0.15, 0.2) is 41.0 Å². The lowest BCUT2D eigenvalue weighted by atomic mass is 9.80. The van der Waals surface area contributed by atoms with Crippen molar-refractivity contribution in [2.75, 3.05) is 0 Å². The number of fused-ring (bicyclic) bond motifs is 1. The summed E-state index contributed by atoms with van der Waals surface area (Å²) in [6.45, 7) is 0. The van der Waals surface area contributed by atoms with Crippen molar-refractivity contribution < 1.29 is 0 Å². The van der Waals surface area contributed by atoms with E-state index in [1.165, 1.54) is 26.8 Å². The monoisotopic (exact) mass is 442 g/mol. The molecule has 2 atom stereocenters. The third-order valence-corrected chi connectivity index (χ3v) is 5.46. The number of rotatable bonds is 2. The van der Waals surface area contributed by atoms with Crippen molar-refractivity contribution in [3.05, 3.63) is 61.4 Å². The largest absolute Gasteiger partial charge is 0.323 e. The SMILES string of the molecule is NC(c1cc(Br)ccc1I)C1CCCc2cccnc21. The predicted octanol–water partition coefficient (Wildman–Crippen LogP) is 4.57. The van der Waals surface area contributed by atoms with Gasteiger partial charge in [-0.3, -0.25) is 4.98 Å². The quantitative estimate of drug-likeness (QED) is 0.692. The Morgan fingerprint density at radius 1 is 1.35 bits per heavy atom. The molecule has 0 spiro atoms. The Morgan fingerprint density at radius 3 is 3.05 bits per heavy atom. The van der Waals surface area contributed by atoms with E-state index in [1.54, 1.807) is 0 Å². The second-order valence-corrected chi connectivity index (χ2v) is 7.32. The fourth-order valence-electron chi connectivity index (χ4n) is 2.98. The van der Waals surface area contributed by atoms with Gasteiger partial charge in [-0.15, -0.1) is 0 Å². The van der Waals surface area contributed by atoms with Crippen molar-refractivity contribution in [1.82, 2.24) is 4.98 Å². The number of hydrogen-bond acceptors (Lipinski definition) is 2. The molecule has 4 heteroatoms. The van der Waals surface area contributed by atoms with Gasteiger partial charge in [-0.05, 0) is 77.2 Å². The Morgan fingerprint density at radius 2 is 2.20 bits per heavy atom. The van der Waals surface area contributed by atoms with Gasteiger partial charge < -0.3 is 5.73 Å². The highest BCUT2D eigenvalue weighted by Gasteiger charge is 2.28. The molecule has 0 fully saturated rings. The van der Waals surface area contributed by atoms with Crippen molar-refractivity contribution in [1.29, 1.82) is 0 Å². The molecule has 2 unspecified atom stereocenters. The summed E-state index contributed by atoms with van der Waals surface area (Å²) in [5.74, 6) is 0.322. The van der Waals surface area contributed by atoms with Gasteiger partial charge in [0.05, 0.1) is 0 Å². The van der Waals surface area contributed by atoms with Gasteiger partial charge in [0.25, 0.3) is 0 Å². The van der Waals surface area contributed by atoms with Gasteiger partial charge in [0.2, 0.25) is 0 Å². The normalized spacial score (nSPS) is 19.4. The Kier molecular flexibility index (Phi) is 4.43. The second-order valence-electron chi connectivity index (χ2n) is 5.24. The molecule has 3 rings (SSSR count). The molecular formula is C16H16BrIN2. The molecule has 0 aliphatic heterocycles. The van der Waals surface area contributed by atoms with Gasteiger partial charge in [-0.25, -0.2) is 0 Å². The van der Waals surface area contributed by atoms with Crippen LogP contribution in [0.5, 0.6) is 0 Å². The van der Waals surface area contributed by atoms with E-state index >= 15 is 0 Å². The van der Waals surface area contributed by atoms with Crippen molar-refractivity contribution >= 4 is 38.5 Å². The molecule has 0 saturated carbocycles. The maximum absolute atomic E-state index is 6.59. The van der Waals surface area contributed by atoms with E-state index in [4.69, 9.17) is 5.73 Å². The summed E-state index contributed by atoms with van der Waals surface area (Å²) in [6.07, 6.45) is 5.33. The highest BCUT2D eigenvalue weighted by Crippen LogP contribution is 2.39. The molecule has 2 nitrogen and oxygen atoms in total. The molecule has 1 aliphatic carbocycles. The minimum absolute atomic E-state index is 0.00773. The van der Waals surface area contributed by atoms with E-state index in [9.17, 15) is 0 Å². The standard InChI is InChI=1S/C16H16BrIN2/c17-11-6-7-14(18)13(9-11)15(19)12-5-1-3-10-4-2-8-20-16(10)12/h2,4,6-9,12,15H,1,3,5,19H2.